The minimum absolute atomic E-state index is 0.0291. The Morgan fingerprint density at radius 2 is 2.03 bits per heavy atom. The third-order valence-corrected chi connectivity index (χ3v) is 6.54. The summed E-state index contributed by atoms with van der Waals surface area (Å²) in [7, 11) is 0. The summed E-state index contributed by atoms with van der Waals surface area (Å²) < 4.78 is 1.71. The second-order valence-corrected chi connectivity index (χ2v) is 8.74. The van der Waals surface area contributed by atoms with Crippen molar-refractivity contribution in [3.05, 3.63) is 65.2 Å². The quantitative estimate of drug-likeness (QED) is 0.561. The Labute approximate surface area is 180 Å². The SMILES string of the molecule is Cc1cccc(-n2nnnc2SCC(=O)N[C@H]2CC[NH+](Cc3ccccc3)C2)c1C. The fraction of sp³-hybridized carbons (Fsp3) is 0.364. The number of likely N-dealkylation sites (tertiary alicyclic amines) is 1. The number of nitrogens with zero attached hydrogens (tertiary/aromatic N) is 4. The molecule has 0 radical (unpaired) electrons. The van der Waals surface area contributed by atoms with Crippen LogP contribution in [0, 0.1) is 13.8 Å². The third-order valence-electron chi connectivity index (χ3n) is 5.62. The van der Waals surface area contributed by atoms with Crippen molar-refractivity contribution >= 4 is 17.7 Å². The lowest BCUT2D eigenvalue weighted by Crippen LogP contribution is -3.09. The Hall–Kier alpha value is -2.71. The van der Waals surface area contributed by atoms with Gasteiger partial charge in [-0.05, 0) is 41.5 Å². The number of carbonyl (C=O) groups excluding carboxylic acids is 1. The molecule has 2 N–H and O–H groups in total. The van der Waals surface area contributed by atoms with Crippen LogP contribution >= 0.6 is 11.8 Å². The Morgan fingerprint density at radius 3 is 2.87 bits per heavy atom. The van der Waals surface area contributed by atoms with Gasteiger partial charge >= 0.3 is 0 Å². The second-order valence-electron chi connectivity index (χ2n) is 7.80. The number of thioether (sulfide) groups is 1. The van der Waals surface area contributed by atoms with Crippen LogP contribution in [-0.2, 0) is 11.3 Å². The van der Waals surface area contributed by atoms with E-state index in [2.05, 4.69) is 65.0 Å². The van der Waals surface area contributed by atoms with Crippen LogP contribution in [0.2, 0.25) is 0 Å². The van der Waals surface area contributed by atoms with E-state index < -0.39 is 0 Å². The fourth-order valence-electron chi connectivity index (χ4n) is 3.88. The lowest BCUT2D eigenvalue weighted by atomic mass is 10.1. The fourth-order valence-corrected chi connectivity index (χ4v) is 4.58. The number of rotatable bonds is 7. The van der Waals surface area contributed by atoms with E-state index in [1.54, 1.807) is 4.68 Å². The van der Waals surface area contributed by atoms with Crippen molar-refractivity contribution in [2.45, 2.75) is 38.0 Å². The maximum atomic E-state index is 12.5. The first-order chi connectivity index (χ1) is 14.6. The summed E-state index contributed by atoms with van der Waals surface area (Å²) in [5.41, 5.74) is 4.59. The van der Waals surface area contributed by atoms with Crippen LogP contribution in [0.25, 0.3) is 5.69 Å². The molecule has 1 unspecified atom stereocenters. The molecule has 0 aliphatic carbocycles. The highest BCUT2D eigenvalue weighted by Crippen LogP contribution is 2.22. The van der Waals surface area contributed by atoms with Crippen molar-refractivity contribution in [3.63, 3.8) is 0 Å². The van der Waals surface area contributed by atoms with Gasteiger partial charge in [-0.15, -0.1) is 5.10 Å². The van der Waals surface area contributed by atoms with Gasteiger partial charge in [0.15, 0.2) is 0 Å². The van der Waals surface area contributed by atoms with Crippen LogP contribution in [0.5, 0.6) is 0 Å². The summed E-state index contributed by atoms with van der Waals surface area (Å²) in [4.78, 5) is 14.0. The van der Waals surface area contributed by atoms with Crippen LogP contribution in [0.1, 0.15) is 23.1 Å². The predicted molar refractivity (Wildman–Crippen MR) is 117 cm³/mol. The van der Waals surface area contributed by atoms with Gasteiger partial charge in [-0.2, -0.15) is 4.68 Å². The minimum atomic E-state index is 0.0291. The number of nitrogens with one attached hydrogen (secondary N) is 2. The highest BCUT2D eigenvalue weighted by atomic mass is 32.2. The molecule has 1 aliphatic heterocycles. The highest BCUT2D eigenvalue weighted by Gasteiger charge is 2.27. The molecule has 8 heteroatoms. The van der Waals surface area contributed by atoms with E-state index in [0.717, 1.165) is 37.3 Å². The molecule has 1 saturated heterocycles. The molecule has 1 amide bonds. The molecule has 1 aliphatic rings. The first kappa shape index (κ1) is 20.6. The number of aromatic nitrogens is 4. The molecule has 0 spiro atoms. The van der Waals surface area contributed by atoms with Gasteiger partial charge in [0.25, 0.3) is 0 Å². The van der Waals surface area contributed by atoms with Crippen molar-refractivity contribution in [3.8, 4) is 5.69 Å². The van der Waals surface area contributed by atoms with Gasteiger partial charge < -0.3 is 10.2 Å². The Bertz CT molecular complexity index is 1010. The highest BCUT2D eigenvalue weighted by molar-refractivity contribution is 7.99. The Balaban J connectivity index is 1.29. The molecule has 0 saturated carbocycles. The summed E-state index contributed by atoms with van der Waals surface area (Å²) in [5.74, 6) is 0.330. The van der Waals surface area contributed by atoms with Crippen LogP contribution in [0.3, 0.4) is 0 Å². The normalized spacial score (nSPS) is 18.5. The average Bonchev–Trinajstić information content (AvgIpc) is 3.39. The van der Waals surface area contributed by atoms with E-state index >= 15 is 0 Å². The van der Waals surface area contributed by atoms with E-state index in [1.165, 1.54) is 27.8 Å². The van der Waals surface area contributed by atoms with Crippen molar-refractivity contribution in [1.82, 2.24) is 25.5 Å². The van der Waals surface area contributed by atoms with Crippen molar-refractivity contribution in [2.24, 2.45) is 0 Å². The number of hydrogen-bond acceptors (Lipinski definition) is 5. The van der Waals surface area contributed by atoms with Gasteiger partial charge in [0.05, 0.1) is 30.6 Å². The number of carbonyl (C=O) groups is 1. The van der Waals surface area contributed by atoms with Gasteiger partial charge in [0.2, 0.25) is 11.1 Å². The number of amides is 1. The van der Waals surface area contributed by atoms with Crippen molar-refractivity contribution in [2.75, 3.05) is 18.8 Å². The van der Waals surface area contributed by atoms with Crippen LogP contribution < -0.4 is 10.2 Å². The molecule has 3 aromatic rings. The lowest BCUT2D eigenvalue weighted by Gasteiger charge is -2.14. The minimum Gasteiger partial charge on any atom is -0.347 e. The molecule has 156 valence electrons. The molecule has 0 bridgehead atoms. The molecule has 1 fully saturated rings. The van der Waals surface area contributed by atoms with Gasteiger partial charge in [0, 0.05) is 12.0 Å². The smallest absolute Gasteiger partial charge is 0.230 e. The van der Waals surface area contributed by atoms with E-state index in [1.807, 2.05) is 18.2 Å². The summed E-state index contributed by atoms with van der Waals surface area (Å²) in [6.45, 7) is 7.17. The molecule has 1 aromatic heterocycles. The van der Waals surface area contributed by atoms with Gasteiger partial charge in [0.1, 0.15) is 6.54 Å². The lowest BCUT2D eigenvalue weighted by molar-refractivity contribution is -0.901. The Kier molecular flexibility index (Phi) is 6.44. The van der Waals surface area contributed by atoms with E-state index in [-0.39, 0.29) is 11.9 Å². The molecule has 2 atom stereocenters. The van der Waals surface area contributed by atoms with Crippen molar-refractivity contribution < 1.29 is 9.69 Å². The summed E-state index contributed by atoms with van der Waals surface area (Å²) in [6.07, 6.45) is 1.01. The first-order valence-corrected chi connectivity index (χ1v) is 11.2. The zero-order valence-electron chi connectivity index (χ0n) is 17.3. The average molecular weight is 424 g/mol. The van der Waals surface area contributed by atoms with E-state index in [0.29, 0.717) is 10.9 Å². The predicted octanol–water partition coefficient (Wildman–Crippen LogP) is 1.34. The monoisotopic (exact) mass is 423 g/mol. The van der Waals surface area contributed by atoms with Gasteiger partial charge in [-0.3, -0.25) is 4.79 Å². The summed E-state index contributed by atoms with van der Waals surface area (Å²) in [5, 5.41) is 15.8. The van der Waals surface area contributed by atoms with Crippen LogP contribution in [-0.4, -0.2) is 51.0 Å². The molecular weight excluding hydrogens is 396 g/mol. The largest absolute Gasteiger partial charge is 0.347 e. The molecular formula is C22H27N6OS+. The van der Waals surface area contributed by atoms with E-state index in [4.69, 9.17) is 0 Å². The zero-order chi connectivity index (χ0) is 20.9. The number of quaternary nitrogens is 1. The number of tetrazole rings is 1. The molecule has 2 heterocycles. The first-order valence-electron chi connectivity index (χ1n) is 10.2. The van der Waals surface area contributed by atoms with E-state index in [9.17, 15) is 4.79 Å². The number of benzene rings is 2. The standard InChI is InChI=1S/C22H26N6OS/c1-16-7-6-10-20(17(16)2)28-22(24-25-26-28)30-15-21(29)23-19-11-12-27(14-19)13-18-8-4-3-5-9-18/h3-10,19H,11-15H2,1-2H3,(H,23,29)/p+1/t19-/m0/s1. The molecule has 7 nitrogen and oxygen atoms in total. The maximum Gasteiger partial charge on any atom is 0.230 e. The van der Waals surface area contributed by atoms with Crippen LogP contribution in [0.4, 0.5) is 0 Å². The van der Waals surface area contributed by atoms with Crippen LogP contribution in [0.15, 0.2) is 53.7 Å². The molecule has 4 rings (SSSR count). The second kappa shape index (κ2) is 9.40. The maximum absolute atomic E-state index is 12.5. The topological polar surface area (TPSA) is 77.1 Å². The number of hydrogen-bond donors (Lipinski definition) is 2. The van der Waals surface area contributed by atoms with Crippen molar-refractivity contribution in [1.29, 1.82) is 0 Å². The van der Waals surface area contributed by atoms with Gasteiger partial charge in [-0.1, -0.05) is 54.2 Å². The Morgan fingerprint density at radius 1 is 1.20 bits per heavy atom. The summed E-state index contributed by atoms with van der Waals surface area (Å²) in [6, 6.07) is 16.8. The zero-order valence-corrected chi connectivity index (χ0v) is 18.2. The molecule has 30 heavy (non-hydrogen) atoms. The van der Waals surface area contributed by atoms with Gasteiger partial charge in [-0.25, -0.2) is 0 Å². The number of aryl methyl sites for hydroxylation is 1. The molecule has 2 aromatic carbocycles. The third kappa shape index (κ3) is 4.88. The summed E-state index contributed by atoms with van der Waals surface area (Å²) >= 11 is 1.37.